The Morgan fingerprint density at radius 2 is 2.19 bits per heavy atom. The molecule has 0 spiro atoms. The molecule has 0 radical (unpaired) electrons. The molecule has 4 nitrogen and oxygen atoms in total. The lowest BCUT2D eigenvalue weighted by molar-refractivity contribution is 0.263. The molecule has 2 rings (SSSR count). The first-order chi connectivity index (χ1) is 10.2. The molecule has 1 N–H and O–H groups in total. The fourth-order valence-corrected chi connectivity index (χ4v) is 3.05. The van der Waals surface area contributed by atoms with Crippen LogP contribution < -0.4 is 0 Å². The smallest absolute Gasteiger partial charge is 0.191 e. The standard InChI is InChI=1S/C15H20FN3OS/c1-2-8-19-14(11-20)17-18-15(19)21-9-4-6-12-5-3-7-13(16)10-12/h3,5,7,10,20H,2,4,6,8-9,11H2,1H3. The SMILES string of the molecule is CCCn1c(CO)nnc1SCCCc1cccc(F)c1. The molecule has 0 aliphatic heterocycles. The number of benzene rings is 1. The Labute approximate surface area is 128 Å². The average Bonchev–Trinajstić information content (AvgIpc) is 2.86. The maximum absolute atomic E-state index is 13.1. The van der Waals surface area contributed by atoms with Crippen LogP contribution in [0.1, 0.15) is 31.2 Å². The van der Waals surface area contributed by atoms with Crippen LogP contribution in [0.25, 0.3) is 0 Å². The van der Waals surface area contributed by atoms with Crippen LogP contribution in [-0.4, -0.2) is 25.6 Å². The third kappa shape index (κ3) is 4.54. The molecule has 6 heteroatoms. The highest BCUT2D eigenvalue weighted by Gasteiger charge is 2.10. The molecule has 1 heterocycles. The van der Waals surface area contributed by atoms with Gasteiger partial charge in [0, 0.05) is 12.3 Å². The van der Waals surface area contributed by atoms with E-state index in [2.05, 4.69) is 17.1 Å². The number of thioether (sulfide) groups is 1. The predicted molar refractivity (Wildman–Crippen MR) is 81.7 cm³/mol. The largest absolute Gasteiger partial charge is 0.388 e. The van der Waals surface area contributed by atoms with Crippen molar-refractivity contribution in [3.05, 3.63) is 41.5 Å². The molecule has 0 saturated heterocycles. The fourth-order valence-electron chi connectivity index (χ4n) is 2.12. The predicted octanol–water partition coefficient (Wildman–Crippen LogP) is 3.04. The van der Waals surface area contributed by atoms with Crippen LogP contribution in [0.3, 0.4) is 0 Å². The maximum Gasteiger partial charge on any atom is 0.191 e. The van der Waals surface area contributed by atoms with E-state index in [1.807, 2.05) is 10.6 Å². The van der Waals surface area contributed by atoms with Gasteiger partial charge in [-0.3, -0.25) is 0 Å². The van der Waals surface area contributed by atoms with Gasteiger partial charge in [-0.1, -0.05) is 30.8 Å². The minimum atomic E-state index is -0.185. The van der Waals surface area contributed by atoms with Crippen molar-refractivity contribution in [1.82, 2.24) is 14.8 Å². The van der Waals surface area contributed by atoms with Crippen molar-refractivity contribution in [2.45, 2.75) is 44.5 Å². The highest BCUT2D eigenvalue weighted by Crippen LogP contribution is 2.19. The first-order valence-electron chi connectivity index (χ1n) is 7.14. The van der Waals surface area contributed by atoms with Gasteiger partial charge in [0.15, 0.2) is 11.0 Å². The number of aliphatic hydroxyl groups is 1. The number of halogens is 1. The van der Waals surface area contributed by atoms with Gasteiger partial charge < -0.3 is 9.67 Å². The molecule has 0 saturated carbocycles. The molecule has 114 valence electrons. The lowest BCUT2D eigenvalue weighted by Crippen LogP contribution is -2.05. The summed E-state index contributed by atoms with van der Waals surface area (Å²) in [5, 5.41) is 18.2. The first-order valence-corrected chi connectivity index (χ1v) is 8.13. The second kappa shape index (κ2) is 8.14. The minimum absolute atomic E-state index is 0.0865. The lowest BCUT2D eigenvalue weighted by atomic mass is 10.1. The Morgan fingerprint density at radius 1 is 1.33 bits per heavy atom. The van der Waals surface area contributed by atoms with Crippen LogP contribution in [0, 0.1) is 5.82 Å². The number of nitrogens with zero attached hydrogens (tertiary/aromatic N) is 3. The van der Waals surface area contributed by atoms with E-state index in [1.54, 1.807) is 23.9 Å². The monoisotopic (exact) mass is 309 g/mol. The Hall–Kier alpha value is -1.40. The van der Waals surface area contributed by atoms with Crippen LogP contribution in [0.5, 0.6) is 0 Å². The van der Waals surface area contributed by atoms with E-state index in [0.29, 0.717) is 5.82 Å². The van der Waals surface area contributed by atoms with Crippen LogP contribution >= 0.6 is 11.8 Å². The van der Waals surface area contributed by atoms with Crippen LogP contribution in [-0.2, 0) is 19.6 Å². The van der Waals surface area contributed by atoms with Crippen molar-refractivity contribution >= 4 is 11.8 Å². The number of aromatic nitrogens is 3. The quantitative estimate of drug-likeness (QED) is 0.601. The summed E-state index contributed by atoms with van der Waals surface area (Å²) in [7, 11) is 0. The van der Waals surface area contributed by atoms with Crippen molar-refractivity contribution in [1.29, 1.82) is 0 Å². The zero-order valence-corrected chi connectivity index (χ0v) is 12.9. The van der Waals surface area contributed by atoms with Gasteiger partial charge in [0.05, 0.1) is 0 Å². The fraction of sp³-hybridized carbons (Fsp3) is 0.467. The van der Waals surface area contributed by atoms with Crippen LogP contribution in [0.15, 0.2) is 29.4 Å². The van der Waals surface area contributed by atoms with Gasteiger partial charge in [0.1, 0.15) is 12.4 Å². The van der Waals surface area contributed by atoms with E-state index in [0.717, 1.165) is 42.3 Å². The molecule has 0 bridgehead atoms. The highest BCUT2D eigenvalue weighted by molar-refractivity contribution is 7.99. The number of hydrogen-bond donors (Lipinski definition) is 1. The Kier molecular flexibility index (Phi) is 6.20. The number of hydrogen-bond acceptors (Lipinski definition) is 4. The summed E-state index contributed by atoms with van der Waals surface area (Å²) in [6.07, 6.45) is 2.77. The van der Waals surface area contributed by atoms with Crippen molar-refractivity contribution < 1.29 is 9.50 Å². The molecule has 2 aromatic rings. The van der Waals surface area contributed by atoms with Crippen LogP contribution in [0.2, 0.25) is 0 Å². The molecule has 21 heavy (non-hydrogen) atoms. The molecule has 1 aromatic carbocycles. The average molecular weight is 309 g/mol. The van der Waals surface area contributed by atoms with Gasteiger partial charge in [0.25, 0.3) is 0 Å². The molecule has 0 fully saturated rings. The molecule has 0 atom stereocenters. The normalized spacial score (nSPS) is 11.0. The summed E-state index contributed by atoms with van der Waals surface area (Å²) in [5.74, 6) is 1.32. The summed E-state index contributed by atoms with van der Waals surface area (Å²) in [5.41, 5.74) is 1.02. The summed E-state index contributed by atoms with van der Waals surface area (Å²) in [6.45, 7) is 2.81. The van der Waals surface area contributed by atoms with E-state index >= 15 is 0 Å². The number of aliphatic hydroxyl groups excluding tert-OH is 1. The molecular formula is C15H20FN3OS. The zero-order chi connectivity index (χ0) is 15.1. The van der Waals surface area contributed by atoms with E-state index in [-0.39, 0.29) is 12.4 Å². The summed E-state index contributed by atoms with van der Waals surface area (Å²) in [6, 6.07) is 6.72. The van der Waals surface area contributed by atoms with Crippen molar-refractivity contribution in [2.75, 3.05) is 5.75 Å². The van der Waals surface area contributed by atoms with E-state index in [9.17, 15) is 9.50 Å². The Morgan fingerprint density at radius 3 is 2.90 bits per heavy atom. The first kappa shape index (κ1) is 16.0. The van der Waals surface area contributed by atoms with Crippen molar-refractivity contribution in [3.8, 4) is 0 Å². The minimum Gasteiger partial charge on any atom is -0.388 e. The maximum atomic E-state index is 13.1. The van der Waals surface area contributed by atoms with Crippen LogP contribution in [0.4, 0.5) is 4.39 Å². The molecule has 0 unspecified atom stereocenters. The van der Waals surface area contributed by atoms with Gasteiger partial charge in [-0.15, -0.1) is 10.2 Å². The molecular weight excluding hydrogens is 289 g/mol. The van der Waals surface area contributed by atoms with Crippen molar-refractivity contribution in [3.63, 3.8) is 0 Å². The zero-order valence-electron chi connectivity index (χ0n) is 12.1. The van der Waals surface area contributed by atoms with E-state index in [4.69, 9.17) is 0 Å². The molecule has 0 amide bonds. The molecule has 0 aliphatic carbocycles. The summed E-state index contributed by atoms with van der Waals surface area (Å²) < 4.78 is 15.0. The molecule has 0 aliphatic rings. The van der Waals surface area contributed by atoms with Gasteiger partial charge in [-0.2, -0.15) is 0 Å². The Bertz CT molecular complexity index is 574. The lowest BCUT2D eigenvalue weighted by Gasteiger charge is -2.07. The van der Waals surface area contributed by atoms with Gasteiger partial charge in [-0.05, 0) is 37.0 Å². The van der Waals surface area contributed by atoms with Gasteiger partial charge in [-0.25, -0.2) is 4.39 Å². The topological polar surface area (TPSA) is 50.9 Å². The molecule has 1 aromatic heterocycles. The third-order valence-electron chi connectivity index (χ3n) is 3.11. The highest BCUT2D eigenvalue weighted by atomic mass is 32.2. The van der Waals surface area contributed by atoms with Crippen molar-refractivity contribution in [2.24, 2.45) is 0 Å². The Balaban J connectivity index is 1.84. The number of rotatable bonds is 8. The summed E-state index contributed by atoms with van der Waals surface area (Å²) >= 11 is 1.63. The number of aryl methyl sites for hydroxylation is 1. The van der Waals surface area contributed by atoms with E-state index < -0.39 is 0 Å². The third-order valence-corrected chi connectivity index (χ3v) is 4.17. The summed E-state index contributed by atoms with van der Waals surface area (Å²) in [4.78, 5) is 0. The van der Waals surface area contributed by atoms with Gasteiger partial charge in [0.2, 0.25) is 0 Å². The second-order valence-electron chi connectivity index (χ2n) is 4.79. The van der Waals surface area contributed by atoms with Gasteiger partial charge >= 0.3 is 0 Å². The second-order valence-corrected chi connectivity index (χ2v) is 5.85. The van der Waals surface area contributed by atoms with E-state index in [1.165, 1.54) is 6.07 Å².